The molecule has 1 aliphatic heterocycles. The largest absolute Gasteiger partial charge is 0.274 e. The van der Waals surface area contributed by atoms with Crippen LogP contribution in [0.2, 0.25) is 0 Å². The summed E-state index contributed by atoms with van der Waals surface area (Å²) in [5.41, 5.74) is 0. The van der Waals surface area contributed by atoms with Gasteiger partial charge >= 0.3 is 0 Å². The smallest absolute Gasteiger partial charge is 0.246 e. The van der Waals surface area contributed by atoms with Gasteiger partial charge in [0.25, 0.3) is 0 Å². The summed E-state index contributed by atoms with van der Waals surface area (Å²) in [6, 6.07) is 0. The molecule has 0 atom stereocenters. The number of thioether (sulfide) groups is 1. The number of aryl methyl sites for hydroxylation is 1. The van der Waals surface area contributed by atoms with Crippen LogP contribution in [0, 0.1) is 0 Å². The van der Waals surface area contributed by atoms with Crippen molar-refractivity contribution in [2.75, 3.05) is 18.8 Å². The van der Waals surface area contributed by atoms with Crippen molar-refractivity contribution in [2.24, 2.45) is 7.05 Å². The van der Waals surface area contributed by atoms with E-state index in [4.69, 9.17) is 0 Å². The van der Waals surface area contributed by atoms with E-state index in [-0.39, 0.29) is 4.75 Å². The Morgan fingerprint density at radius 1 is 1.30 bits per heavy atom. The highest BCUT2D eigenvalue weighted by Gasteiger charge is 2.41. The third-order valence-corrected chi connectivity index (χ3v) is 7.63. The minimum atomic E-state index is -3.38. The number of hydrogen-bond donors (Lipinski definition) is 0. The summed E-state index contributed by atoms with van der Waals surface area (Å²) < 4.78 is 28.8. The molecule has 0 radical (unpaired) electrons. The van der Waals surface area contributed by atoms with Crippen molar-refractivity contribution in [2.45, 2.75) is 41.7 Å². The summed E-state index contributed by atoms with van der Waals surface area (Å²) in [7, 11) is -1.64. The Hall–Kier alpha value is -0.530. The van der Waals surface area contributed by atoms with E-state index in [0.717, 1.165) is 18.6 Å². The van der Waals surface area contributed by atoms with Gasteiger partial charge in [0.1, 0.15) is 4.90 Å². The van der Waals surface area contributed by atoms with Gasteiger partial charge in [-0.25, -0.2) is 8.42 Å². The van der Waals surface area contributed by atoms with E-state index >= 15 is 0 Å². The molecule has 2 aliphatic rings. The molecule has 0 N–H and O–H groups in total. The molecule has 1 aromatic rings. The molecule has 1 aliphatic carbocycles. The molecule has 112 valence electrons. The molecule has 1 saturated carbocycles. The first-order chi connectivity index (χ1) is 9.52. The first-order valence-corrected chi connectivity index (χ1v) is 9.57. The van der Waals surface area contributed by atoms with Crippen molar-refractivity contribution in [1.82, 2.24) is 14.1 Å². The van der Waals surface area contributed by atoms with Crippen LogP contribution in [0.3, 0.4) is 0 Å². The molecule has 2 fully saturated rings. The summed E-state index contributed by atoms with van der Waals surface area (Å²) in [5.74, 6) is 0.902. The fourth-order valence-corrected chi connectivity index (χ4v) is 6.47. The molecule has 0 aromatic carbocycles. The highest BCUT2D eigenvalue weighted by Crippen LogP contribution is 2.43. The Labute approximate surface area is 124 Å². The normalized spacial score (nSPS) is 24.1. The maximum atomic E-state index is 12.7. The average Bonchev–Trinajstić information content (AvgIpc) is 2.87. The van der Waals surface area contributed by atoms with Crippen LogP contribution in [-0.2, 0) is 17.1 Å². The van der Waals surface area contributed by atoms with Gasteiger partial charge in [0.2, 0.25) is 10.0 Å². The predicted octanol–water partition coefficient (Wildman–Crippen LogP) is 1.86. The Bertz CT molecular complexity index is 571. The topological polar surface area (TPSA) is 55.2 Å². The average molecular weight is 315 g/mol. The van der Waals surface area contributed by atoms with Crippen LogP contribution in [0.15, 0.2) is 17.3 Å². The highest BCUT2D eigenvalue weighted by atomic mass is 32.2. The van der Waals surface area contributed by atoms with Crippen LogP contribution in [-0.4, -0.2) is 46.1 Å². The zero-order chi connectivity index (χ0) is 14.2. The van der Waals surface area contributed by atoms with Crippen molar-refractivity contribution >= 4 is 21.8 Å². The molecule has 1 spiro atoms. The number of hydrogen-bond acceptors (Lipinski definition) is 4. The van der Waals surface area contributed by atoms with Crippen molar-refractivity contribution in [3.05, 3.63) is 12.4 Å². The summed E-state index contributed by atoms with van der Waals surface area (Å²) in [5, 5.41) is 3.99. The van der Waals surface area contributed by atoms with E-state index in [0.29, 0.717) is 18.0 Å². The molecular formula is C13H21N3O2S2. The van der Waals surface area contributed by atoms with Gasteiger partial charge in [-0.2, -0.15) is 21.2 Å². The van der Waals surface area contributed by atoms with Crippen LogP contribution in [0.1, 0.15) is 32.1 Å². The van der Waals surface area contributed by atoms with Crippen LogP contribution >= 0.6 is 11.8 Å². The first kappa shape index (κ1) is 14.4. The molecule has 3 rings (SSSR count). The van der Waals surface area contributed by atoms with Gasteiger partial charge < -0.3 is 0 Å². The summed E-state index contributed by atoms with van der Waals surface area (Å²) >= 11 is 1.98. The number of nitrogens with zero attached hydrogens (tertiary/aromatic N) is 3. The maximum Gasteiger partial charge on any atom is 0.246 e. The lowest BCUT2D eigenvalue weighted by atomic mass is 9.88. The SMILES string of the molecule is Cn1cc(S(=O)(=O)N2CCSC3(CCCCC3)C2)cn1. The van der Waals surface area contributed by atoms with E-state index in [1.807, 2.05) is 11.8 Å². The number of aromatic nitrogens is 2. The monoisotopic (exact) mass is 315 g/mol. The molecule has 0 unspecified atom stereocenters. The Morgan fingerprint density at radius 3 is 2.70 bits per heavy atom. The first-order valence-electron chi connectivity index (χ1n) is 7.15. The number of rotatable bonds is 2. The van der Waals surface area contributed by atoms with Crippen molar-refractivity contribution < 1.29 is 8.42 Å². The predicted molar refractivity (Wildman–Crippen MR) is 80.2 cm³/mol. The molecule has 7 heteroatoms. The van der Waals surface area contributed by atoms with E-state index in [1.54, 1.807) is 22.2 Å². The fourth-order valence-electron chi connectivity index (χ4n) is 3.19. The van der Waals surface area contributed by atoms with Gasteiger partial charge in [0, 0.05) is 36.8 Å². The van der Waals surface area contributed by atoms with Crippen LogP contribution in [0.25, 0.3) is 0 Å². The minimum Gasteiger partial charge on any atom is -0.274 e. The molecule has 5 nitrogen and oxygen atoms in total. The second kappa shape index (κ2) is 5.35. The Balaban J connectivity index is 1.83. The van der Waals surface area contributed by atoms with Gasteiger partial charge in [-0.05, 0) is 12.8 Å². The second-order valence-electron chi connectivity index (χ2n) is 5.78. The van der Waals surface area contributed by atoms with E-state index in [1.165, 1.54) is 25.5 Å². The van der Waals surface area contributed by atoms with Crippen molar-refractivity contribution in [3.8, 4) is 0 Å². The van der Waals surface area contributed by atoms with Gasteiger partial charge in [-0.3, -0.25) is 4.68 Å². The van der Waals surface area contributed by atoms with E-state index in [9.17, 15) is 8.42 Å². The molecule has 20 heavy (non-hydrogen) atoms. The Kier molecular flexibility index (Phi) is 3.85. The quantitative estimate of drug-likeness (QED) is 0.836. The van der Waals surface area contributed by atoms with E-state index in [2.05, 4.69) is 5.10 Å². The Morgan fingerprint density at radius 2 is 2.05 bits per heavy atom. The van der Waals surface area contributed by atoms with Crippen LogP contribution in [0.4, 0.5) is 0 Å². The van der Waals surface area contributed by atoms with Crippen LogP contribution < -0.4 is 0 Å². The lowest BCUT2D eigenvalue weighted by molar-refractivity contribution is 0.304. The zero-order valence-corrected chi connectivity index (χ0v) is 13.4. The molecule has 1 saturated heterocycles. The zero-order valence-electron chi connectivity index (χ0n) is 11.8. The number of sulfonamides is 1. The molecule has 0 amide bonds. The molecule has 1 aromatic heterocycles. The summed E-state index contributed by atoms with van der Waals surface area (Å²) in [4.78, 5) is 0.317. The molecule has 0 bridgehead atoms. The summed E-state index contributed by atoms with van der Waals surface area (Å²) in [6.07, 6.45) is 9.09. The summed E-state index contributed by atoms with van der Waals surface area (Å²) in [6.45, 7) is 1.28. The van der Waals surface area contributed by atoms with E-state index < -0.39 is 10.0 Å². The molecule has 2 heterocycles. The standard InChI is InChI=1S/C13H21N3O2S2/c1-15-10-12(9-14-15)20(17,18)16-7-8-19-13(11-16)5-3-2-4-6-13/h9-10H,2-8,11H2,1H3. The minimum absolute atomic E-state index is 0.159. The third-order valence-electron chi connectivity index (χ3n) is 4.30. The second-order valence-corrected chi connectivity index (χ2v) is 9.28. The van der Waals surface area contributed by atoms with Gasteiger partial charge in [-0.15, -0.1) is 0 Å². The van der Waals surface area contributed by atoms with Gasteiger partial charge in [0.15, 0.2) is 0 Å². The third kappa shape index (κ3) is 2.63. The van der Waals surface area contributed by atoms with Gasteiger partial charge in [0.05, 0.1) is 6.20 Å². The van der Waals surface area contributed by atoms with Crippen molar-refractivity contribution in [1.29, 1.82) is 0 Å². The maximum absolute atomic E-state index is 12.7. The lowest BCUT2D eigenvalue weighted by Crippen LogP contribution is -2.49. The lowest BCUT2D eigenvalue weighted by Gasteiger charge is -2.43. The molecular weight excluding hydrogens is 294 g/mol. The fraction of sp³-hybridized carbons (Fsp3) is 0.769. The van der Waals surface area contributed by atoms with Crippen molar-refractivity contribution in [3.63, 3.8) is 0 Å². The van der Waals surface area contributed by atoms with Gasteiger partial charge in [-0.1, -0.05) is 19.3 Å². The van der Waals surface area contributed by atoms with Crippen LogP contribution in [0.5, 0.6) is 0 Å². The highest BCUT2D eigenvalue weighted by molar-refractivity contribution is 8.00.